The zero-order valence-electron chi connectivity index (χ0n) is 8.51. The lowest BCUT2D eigenvalue weighted by atomic mass is 10.1. The second kappa shape index (κ2) is 8.54. The summed E-state index contributed by atoms with van der Waals surface area (Å²) in [6.07, 6.45) is 6.39. The number of carbonyl (C=O) groups excluding carboxylic acids is 1. The summed E-state index contributed by atoms with van der Waals surface area (Å²) in [5.41, 5.74) is 0. The number of esters is 1. The standard InChI is InChI=1S/C10H19BrO2/c1-3-4-5-6-7-8-10(12)13-9(2)11/h9H,3-8H2,1-2H3. The van der Waals surface area contributed by atoms with Crippen LogP contribution in [0.1, 0.15) is 52.4 Å². The number of unbranched alkanes of at least 4 members (excludes halogenated alkanes) is 4. The highest BCUT2D eigenvalue weighted by atomic mass is 79.9. The highest BCUT2D eigenvalue weighted by molar-refractivity contribution is 9.09. The summed E-state index contributed by atoms with van der Waals surface area (Å²) < 4.78 is 4.93. The summed E-state index contributed by atoms with van der Waals surface area (Å²) in [5.74, 6) is -0.0964. The number of rotatable bonds is 7. The van der Waals surface area contributed by atoms with E-state index in [4.69, 9.17) is 4.74 Å². The van der Waals surface area contributed by atoms with Gasteiger partial charge in [0.1, 0.15) is 0 Å². The Balaban J connectivity index is 3.17. The Bertz CT molecular complexity index is 135. The van der Waals surface area contributed by atoms with E-state index in [9.17, 15) is 4.79 Å². The molecule has 0 aromatic heterocycles. The van der Waals surface area contributed by atoms with Crippen molar-refractivity contribution in [2.45, 2.75) is 57.4 Å². The summed E-state index contributed by atoms with van der Waals surface area (Å²) in [7, 11) is 0. The number of ether oxygens (including phenoxy) is 1. The molecule has 0 aliphatic heterocycles. The van der Waals surface area contributed by atoms with Crippen LogP contribution in [0.3, 0.4) is 0 Å². The van der Waals surface area contributed by atoms with Gasteiger partial charge in [-0.15, -0.1) is 0 Å². The third-order valence-electron chi connectivity index (χ3n) is 1.78. The van der Waals surface area contributed by atoms with Gasteiger partial charge in [0.05, 0.1) is 0 Å². The molecule has 0 radical (unpaired) electrons. The molecule has 0 fully saturated rings. The average molecular weight is 251 g/mol. The Morgan fingerprint density at radius 3 is 2.46 bits per heavy atom. The third-order valence-corrected chi connectivity index (χ3v) is 1.97. The number of alkyl halides is 1. The molecule has 1 unspecified atom stereocenters. The van der Waals surface area contributed by atoms with Crippen molar-refractivity contribution in [2.75, 3.05) is 0 Å². The van der Waals surface area contributed by atoms with Crippen LogP contribution in [0.5, 0.6) is 0 Å². The van der Waals surface area contributed by atoms with Gasteiger partial charge in [0.2, 0.25) is 0 Å². The minimum absolute atomic E-state index is 0.0964. The minimum Gasteiger partial charge on any atom is -0.451 e. The van der Waals surface area contributed by atoms with Gasteiger partial charge in [-0.2, -0.15) is 0 Å². The molecule has 0 spiro atoms. The summed E-state index contributed by atoms with van der Waals surface area (Å²) in [4.78, 5) is 11.0. The van der Waals surface area contributed by atoms with E-state index in [1.807, 2.05) is 0 Å². The first-order chi connectivity index (χ1) is 6.16. The second-order valence-electron chi connectivity index (χ2n) is 3.20. The molecule has 0 rings (SSSR count). The average Bonchev–Trinajstić information content (AvgIpc) is 2.02. The van der Waals surface area contributed by atoms with Crippen LogP contribution in [0.25, 0.3) is 0 Å². The molecule has 0 aromatic rings. The van der Waals surface area contributed by atoms with Gasteiger partial charge in [-0.3, -0.25) is 4.79 Å². The van der Waals surface area contributed by atoms with E-state index >= 15 is 0 Å². The third kappa shape index (κ3) is 9.87. The van der Waals surface area contributed by atoms with Crippen LogP contribution >= 0.6 is 15.9 Å². The zero-order valence-corrected chi connectivity index (χ0v) is 10.1. The molecule has 0 amide bonds. The molecule has 0 saturated heterocycles. The zero-order chi connectivity index (χ0) is 10.1. The molecule has 0 saturated carbocycles. The molecular formula is C10H19BrO2. The lowest BCUT2D eigenvalue weighted by molar-refractivity contribution is -0.144. The van der Waals surface area contributed by atoms with Crippen molar-refractivity contribution in [1.82, 2.24) is 0 Å². The maximum atomic E-state index is 11.0. The van der Waals surface area contributed by atoms with Crippen LogP contribution in [-0.4, -0.2) is 11.0 Å². The van der Waals surface area contributed by atoms with E-state index in [0.717, 1.165) is 12.8 Å². The summed E-state index contributed by atoms with van der Waals surface area (Å²) in [5, 5.41) is -0.157. The first kappa shape index (κ1) is 12.9. The van der Waals surface area contributed by atoms with E-state index in [1.54, 1.807) is 6.92 Å². The summed E-state index contributed by atoms with van der Waals surface area (Å²) >= 11 is 3.17. The van der Waals surface area contributed by atoms with Gasteiger partial charge < -0.3 is 4.74 Å². The SMILES string of the molecule is CCCCCCCC(=O)OC(C)Br. The van der Waals surface area contributed by atoms with Gasteiger partial charge in [-0.1, -0.05) is 32.6 Å². The fourth-order valence-electron chi connectivity index (χ4n) is 1.11. The van der Waals surface area contributed by atoms with Crippen molar-refractivity contribution >= 4 is 21.9 Å². The van der Waals surface area contributed by atoms with Gasteiger partial charge in [-0.25, -0.2) is 0 Å². The maximum absolute atomic E-state index is 11.0. The Labute approximate surface area is 89.2 Å². The van der Waals surface area contributed by atoms with Crippen molar-refractivity contribution in [3.8, 4) is 0 Å². The number of carbonyl (C=O) groups is 1. The Kier molecular flexibility index (Phi) is 8.51. The quantitative estimate of drug-likeness (QED) is 0.392. The molecular weight excluding hydrogens is 232 g/mol. The molecule has 0 bridgehead atoms. The van der Waals surface area contributed by atoms with Crippen LogP contribution in [-0.2, 0) is 9.53 Å². The van der Waals surface area contributed by atoms with Gasteiger partial charge in [0, 0.05) is 6.42 Å². The molecule has 0 heterocycles. The molecule has 13 heavy (non-hydrogen) atoms. The molecule has 0 N–H and O–H groups in total. The Morgan fingerprint density at radius 2 is 1.92 bits per heavy atom. The predicted molar refractivity (Wildman–Crippen MR) is 57.9 cm³/mol. The van der Waals surface area contributed by atoms with Crippen molar-refractivity contribution in [1.29, 1.82) is 0 Å². The van der Waals surface area contributed by atoms with Crippen LogP contribution in [0.15, 0.2) is 0 Å². The van der Waals surface area contributed by atoms with E-state index in [1.165, 1.54) is 19.3 Å². The van der Waals surface area contributed by atoms with Crippen molar-refractivity contribution in [3.63, 3.8) is 0 Å². The monoisotopic (exact) mass is 250 g/mol. The first-order valence-corrected chi connectivity index (χ1v) is 5.92. The molecule has 0 aromatic carbocycles. The highest BCUT2D eigenvalue weighted by Crippen LogP contribution is 2.08. The van der Waals surface area contributed by atoms with Gasteiger partial charge in [0.15, 0.2) is 5.01 Å². The van der Waals surface area contributed by atoms with Gasteiger partial charge >= 0.3 is 5.97 Å². The number of hydrogen-bond donors (Lipinski definition) is 0. The largest absolute Gasteiger partial charge is 0.451 e. The fraction of sp³-hybridized carbons (Fsp3) is 0.900. The molecule has 0 aliphatic rings. The molecule has 2 nitrogen and oxygen atoms in total. The summed E-state index contributed by atoms with van der Waals surface area (Å²) in [6.45, 7) is 3.98. The van der Waals surface area contributed by atoms with Crippen LogP contribution in [0.2, 0.25) is 0 Å². The van der Waals surface area contributed by atoms with Crippen LogP contribution in [0.4, 0.5) is 0 Å². The van der Waals surface area contributed by atoms with Crippen molar-refractivity contribution < 1.29 is 9.53 Å². The van der Waals surface area contributed by atoms with Crippen molar-refractivity contribution in [3.05, 3.63) is 0 Å². The normalized spacial score (nSPS) is 12.5. The number of halogens is 1. The van der Waals surface area contributed by atoms with Crippen molar-refractivity contribution in [2.24, 2.45) is 0 Å². The van der Waals surface area contributed by atoms with E-state index in [0.29, 0.717) is 6.42 Å². The Hall–Kier alpha value is -0.0500. The smallest absolute Gasteiger partial charge is 0.306 e. The lowest BCUT2D eigenvalue weighted by Crippen LogP contribution is -2.08. The fourth-order valence-corrected chi connectivity index (χ4v) is 1.32. The molecule has 3 heteroatoms. The Morgan fingerprint density at radius 1 is 1.31 bits per heavy atom. The minimum atomic E-state index is -0.157. The second-order valence-corrected chi connectivity index (χ2v) is 4.49. The first-order valence-electron chi connectivity index (χ1n) is 5.00. The topological polar surface area (TPSA) is 26.3 Å². The maximum Gasteiger partial charge on any atom is 0.306 e. The van der Waals surface area contributed by atoms with Gasteiger partial charge in [-0.05, 0) is 29.3 Å². The highest BCUT2D eigenvalue weighted by Gasteiger charge is 2.04. The summed E-state index contributed by atoms with van der Waals surface area (Å²) in [6, 6.07) is 0. The van der Waals surface area contributed by atoms with Crippen LogP contribution in [0, 0.1) is 0 Å². The molecule has 78 valence electrons. The lowest BCUT2D eigenvalue weighted by Gasteiger charge is -2.05. The molecule has 1 atom stereocenters. The van der Waals surface area contributed by atoms with Gasteiger partial charge in [0.25, 0.3) is 0 Å². The van der Waals surface area contributed by atoms with E-state index < -0.39 is 0 Å². The molecule has 0 aliphatic carbocycles. The van der Waals surface area contributed by atoms with Crippen LogP contribution < -0.4 is 0 Å². The predicted octanol–water partition coefficient (Wildman–Crippen LogP) is 3.63. The number of hydrogen-bond acceptors (Lipinski definition) is 2. The van der Waals surface area contributed by atoms with E-state index in [2.05, 4.69) is 22.9 Å². The van der Waals surface area contributed by atoms with E-state index in [-0.39, 0.29) is 11.0 Å².